The normalized spacial score (nSPS) is 28.1. The van der Waals surface area contributed by atoms with Gasteiger partial charge >= 0.3 is 11.9 Å². The second-order valence-electron chi connectivity index (χ2n) is 3.38. The van der Waals surface area contributed by atoms with Gasteiger partial charge in [0.25, 0.3) is 0 Å². The number of carboxylic acid groups (broad SMARTS) is 1. The van der Waals surface area contributed by atoms with Crippen molar-refractivity contribution in [3.63, 3.8) is 0 Å². The summed E-state index contributed by atoms with van der Waals surface area (Å²) in [6, 6.07) is 0. The molecule has 0 amide bonds. The van der Waals surface area contributed by atoms with E-state index in [0.717, 1.165) is 12.8 Å². The summed E-state index contributed by atoms with van der Waals surface area (Å²) in [6.45, 7) is 1.31. The molecule has 1 aliphatic rings. The Labute approximate surface area is 76.9 Å². The fourth-order valence-corrected chi connectivity index (χ4v) is 1.73. The van der Waals surface area contributed by atoms with Crippen LogP contribution in [0.2, 0.25) is 0 Å². The first-order chi connectivity index (χ1) is 6.11. The van der Waals surface area contributed by atoms with Crippen molar-refractivity contribution in [2.75, 3.05) is 0 Å². The molecule has 0 bridgehead atoms. The lowest BCUT2D eigenvalue weighted by atomic mass is 9.86. The molecule has 0 unspecified atom stereocenters. The third-order valence-corrected chi connectivity index (χ3v) is 2.34. The van der Waals surface area contributed by atoms with Gasteiger partial charge in [-0.2, -0.15) is 0 Å². The van der Waals surface area contributed by atoms with Crippen molar-refractivity contribution in [2.45, 2.75) is 38.7 Å². The van der Waals surface area contributed by atoms with E-state index in [1.807, 2.05) is 0 Å². The van der Waals surface area contributed by atoms with Crippen LogP contribution in [-0.2, 0) is 14.3 Å². The molecular formula is C9H14O4. The fraction of sp³-hybridized carbons (Fsp3) is 0.778. The molecule has 2 atom stereocenters. The van der Waals surface area contributed by atoms with Gasteiger partial charge in [-0.25, -0.2) is 0 Å². The van der Waals surface area contributed by atoms with E-state index in [0.29, 0.717) is 12.8 Å². The molecule has 1 aliphatic carbocycles. The summed E-state index contributed by atoms with van der Waals surface area (Å²) >= 11 is 0. The largest absolute Gasteiger partial charge is 0.481 e. The monoisotopic (exact) mass is 186 g/mol. The second kappa shape index (κ2) is 4.25. The number of aliphatic carboxylic acids is 1. The zero-order valence-corrected chi connectivity index (χ0v) is 7.66. The maximum Gasteiger partial charge on any atom is 0.310 e. The van der Waals surface area contributed by atoms with Gasteiger partial charge in [-0.3, -0.25) is 9.59 Å². The first-order valence-electron chi connectivity index (χ1n) is 4.51. The summed E-state index contributed by atoms with van der Waals surface area (Å²) in [5.41, 5.74) is 0. The number of carboxylic acids is 1. The lowest BCUT2D eigenvalue weighted by Gasteiger charge is -2.27. The predicted molar refractivity (Wildman–Crippen MR) is 45.1 cm³/mol. The number of esters is 1. The van der Waals surface area contributed by atoms with Crippen molar-refractivity contribution in [3.05, 3.63) is 0 Å². The highest BCUT2D eigenvalue weighted by Crippen LogP contribution is 2.27. The summed E-state index contributed by atoms with van der Waals surface area (Å²) in [5, 5.41) is 8.83. The summed E-state index contributed by atoms with van der Waals surface area (Å²) in [7, 11) is 0. The van der Waals surface area contributed by atoms with Crippen LogP contribution in [0, 0.1) is 5.92 Å². The van der Waals surface area contributed by atoms with Crippen LogP contribution in [-0.4, -0.2) is 23.1 Å². The number of ether oxygens (including phenoxy) is 1. The number of carbonyl (C=O) groups is 2. The van der Waals surface area contributed by atoms with Gasteiger partial charge in [-0.1, -0.05) is 6.42 Å². The molecular weight excluding hydrogens is 172 g/mol. The Balaban J connectivity index is 2.56. The third-order valence-electron chi connectivity index (χ3n) is 2.34. The van der Waals surface area contributed by atoms with Crippen LogP contribution in [0.4, 0.5) is 0 Å². The molecule has 0 radical (unpaired) electrons. The Hall–Kier alpha value is -1.06. The Bertz CT molecular complexity index is 212. The van der Waals surface area contributed by atoms with Crippen molar-refractivity contribution in [2.24, 2.45) is 5.92 Å². The molecule has 0 heterocycles. The minimum Gasteiger partial charge on any atom is -0.481 e. The fourth-order valence-electron chi connectivity index (χ4n) is 1.73. The molecule has 0 saturated heterocycles. The molecule has 0 aromatic rings. The first-order valence-corrected chi connectivity index (χ1v) is 4.51. The Morgan fingerprint density at radius 3 is 2.46 bits per heavy atom. The summed E-state index contributed by atoms with van der Waals surface area (Å²) < 4.78 is 4.95. The Kier molecular flexibility index (Phi) is 3.28. The molecule has 74 valence electrons. The van der Waals surface area contributed by atoms with E-state index < -0.39 is 24.0 Å². The summed E-state index contributed by atoms with van der Waals surface area (Å²) in [6.07, 6.45) is 2.74. The van der Waals surface area contributed by atoms with E-state index in [-0.39, 0.29) is 0 Å². The van der Waals surface area contributed by atoms with Crippen LogP contribution < -0.4 is 0 Å². The van der Waals surface area contributed by atoms with Crippen molar-refractivity contribution >= 4 is 11.9 Å². The molecule has 4 nitrogen and oxygen atoms in total. The van der Waals surface area contributed by atoms with Gasteiger partial charge in [0.1, 0.15) is 6.10 Å². The Morgan fingerprint density at radius 1 is 1.31 bits per heavy atom. The van der Waals surface area contributed by atoms with Crippen molar-refractivity contribution in [3.8, 4) is 0 Å². The van der Waals surface area contributed by atoms with Crippen molar-refractivity contribution in [1.82, 2.24) is 0 Å². The minimum absolute atomic E-state index is 0.391. The van der Waals surface area contributed by atoms with Gasteiger partial charge in [0.2, 0.25) is 0 Å². The average Bonchev–Trinajstić information content (AvgIpc) is 2.03. The molecule has 1 fully saturated rings. The standard InChI is InChI=1S/C9H14O4/c1-6(10)13-8-5-3-2-4-7(8)9(11)12/h7-8H,2-5H2,1H3,(H,11,12)/t7-,8+/m0/s1. The quantitative estimate of drug-likeness (QED) is 0.658. The molecule has 13 heavy (non-hydrogen) atoms. The van der Waals surface area contributed by atoms with E-state index in [4.69, 9.17) is 9.84 Å². The number of hydrogen-bond acceptors (Lipinski definition) is 3. The van der Waals surface area contributed by atoms with Crippen molar-refractivity contribution < 1.29 is 19.4 Å². The van der Waals surface area contributed by atoms with E-state index in [9.17, 15) is 9.59 Å². The highest BCUT2D eigenvalue weighted by molar-refractivity contribution is 5.72. The molecule has 0 aromatic carbocycles. The lowest BCUT2D eigenvalue weighted by molar-refractivity contribution is -0.159. The van der Waals surface area contributed by atoms with Crippen LogP contribution in [0.3, 0.4) is 0 Å². The molecule has 1 saturated carbocycles. The van der Waals surface area contributed by atoms with Crippen LogP contribution in [0.15, 0.2) is 0 Å². The summed E-state index contributed by atoms with van der Waals surface area (Å²) in [5.74, 6) is -1.75. The van der Waals surface area contributed by atoms with Gasteiger partial charge in [0.05, 0.1) is 5.92 Å². The zero-order valence-electron chi connectivity index (χ0n) is 7.66. The smallest absolute Gasteiger partial charge is 0.310 e. The molecule has 0 spiro atoms. The first kappa shape index (κ1) is 10.0. The topological polar surface area (TPSA) is 63.6 Å². The van der Waals surface area contributed by atoms with Gasteiger partial charge in [0.15, 0.2) is 0 Å². The average molecular weight is 186 g/mol. The molecule has 0 aliphatic heterocycles. The van der Waals surface area contributed by atoms with Crippen LogP contribution in [0.25, 0.3) is 0 Å². The second-order valence-corrected chi connectivity index (χ2v) is 3.38. The third kappa shape index (κ3) is 2.72. The molecule has 4 heteroatoms. The van der Waals surface area contributed by atoms with Crippen molar-refractivity contribution in [1.29, 1.82) is 0 Å². The van der Waals surface area contributed by atoms with Gasteiger partial charge < -0.3 is 9.84 Å². The number of carbonyl (C=O) groups excluding carboxylic acids is 1. The lowest BCUT2D eigenvalue weighted by Crippen LogP contribution is -2.34. The van der Waals surface area contributed by atoms with E-state index in [1.165, 1.54) is 6.92 Å². The minimum atomic E-state index is -0.856. The highest BCUT2D eigenvalue weighted by atomic mass is 16.5. The highest BCUT2D eigenvalue weighted by Gasteiger charge is 2.32. The van der Waals surface area contributed by atoms with Crippen LogP contribution in [0.5, 0.6) is 0 Å². The van der Waals surface area contributed by atoms with Gasteiger partial charge in [0, 0.05) is 6.92 Å². The number of hydrogen-bond donors (Lipinski definition) is 1. The Morgan fingerprint density at radius 2 is 1.92 bits per heavy atom. The predicted octanol–water partition coefficient (Wildman–Crippen LogP) is 1.19. The van der Waals surface area contributed by atoms with E-state index in [2.05, 4.69) is 0 Å². The maximum absolute atomic E-state index is 10.8. The molecule has 0 aromatic heterocycles. The van der Waals surface area contributed by atoms with Crippen LogP contribution in [0.1, 0.15) is 32.6 Å². The van der Waals surface area contributed by atoms with Gasteiger partial charge in [-0.15, -0.1) is 0 Å². The van der Waals surface area contributed by atoms with Crippen LogP contribution >= 0.6 is 0 Å². The maximum atomic E-state index is 10.8. The number of rotatable bonds is 2. The SMILES string of the molecule is CC(=O)O[C@@H]1CCCC[C@@H]1C(=O)O. The van der Waals surface area contributed by atoms with E-state index >= 15 is 0 Å². The molecule has 1 rings (SSSR count). The molecule has 1 N–H and O–H groups in total. The van der Waals surface area contributed by atoms with E-state index in [1.54, 1.807) is 0 Å². The summed E-state index contributed by atoms with van der Waals surface area (Å²) in [4.78, 5) is 21.4. The zero-order chi connectivity index (χ0) is 9.84. The van der Waals surface area contributed by atoms with Gasteiger partial charge in [-0.05, 0) is 19.3 Å².